The Morgan fingerprint density at radius 1 is 1.23 bits per heavy atom. The van der Waals surface area contributed by atoms with Crippen molar-refractivity contribution in [2.45, 2.75) is 40.5 Å². The highest BCUT2D eigenvalue weighted by atomic mass is 14.1. The first-order chi connectivity index (χ1) is 6.16. The summed E-state index contributed by atoms with van der Waals surface area (Å²) in [5.74, 6) is 1.52. The molecule has 0 aliphatic heterocycles. The fraction of sp³-hybridized carbons (Fsp3) is 0.462. The van der Waals surface area contributed by atoms with Crippen molar-refractivity contribution < 1.29 is 0 Å². The molecule has 0 atom stereocenters. The first-order valence-corrected chi connectivity index (χ1v) is 5.05. The Labute approximate surface area is 82.0 Å². The van der Waals surface area contributed by atoms with Crippen LogP contribution in [0.4, 0.5) is 0 Å². The van der Waals surface area contributed by atoms with Gasteiger partial charge in [-0.05, 0) is 37.0 Å². The van der Waals surface area contributed by atoms with E-state index in [1.807, 2.05) is 0 Å². The van der Waals surface area contributed by atoms with Crippen molar-refractivity contribution in [3.63, 3.8) is 0 Å². The van der Waals surface area contributed by atoms with Crippen molar-refractivity contribution in [1.29, 1.82) is 0 Å². The summed E-state index contributed by atoms with van der Waals surface area (Å²) in [6.45, 7) is 8.86. The van der Waals surface area contributed by atoms with E-state index in [1.54, 1.807) is 0 Å². The molecule has 0 saturated carbocycles. The minimum atomic E-state index is 1.21. The summed E-state index contributed by atoms with van der Waals surface area (Å²) in [6.07, 6.45) is 2.45. The van der Waals surface area contributed by atoms with Gasteiger partial charge in [0.05, 0.1) is 0 Å². The van der Waals surface area contributed by atoms with E-state index in [0.29, 0.717) is 0 Å². The van der Waals surface area contributed by atoms with E-state index in [1.165, 1.54) is 35.4 Å². The molecule has 0 aliphatic carbocycles. The van der Waals surface area contributed by atoms with Gasteiger partial charge in [0.2, 0.25) is 0 Å². The monoisotopic (exact) mass is 175 g/mol. The lowest BCUT2D eigenvalue weighted by Crippen LogP contribution is -1.98. The molecule has 71 valence electrons. The lowest BCUT2D eigenvalue weighted by Gasteiger charge is -2.14. The lowest BCUT2D eigenvalue weighted by molar-refractivity contribution is 0.824. The van der Waals surface area contributed by atoms with Gasteiger partial charge in [-0.15, -0.1) is 0 Å². The molecule has 0 unspecified atom stereocenters. The second kappa shape index (κ2) is 4.45. The number of benzene rings is 1. The molecule has 0 bridgehead atoms. The molecular formula is C13H19. The van der Waals surface area contributed by atoms with Gasteiger partial charge < -0.3 is 0 Å². The normalized spacial score (nSPS) is 10.8. The maximum Gasteiger partial charge on any atom is 0.00216 e. The highest BCUT2D eigenvalue weighted by molar-refractivity contribution is 5.41. The van der Waals surface area contributed by atoms with Gasteiger partial charge in [-0.3, -0.25) is 0 Å². The smallest absolute Gasteiger partial charge is 0.00216 e. The predicted octanol–water partition coefficient (Wildman–Crippen LogP) is 4.05. The van der Waals surface area contributed by atoms with E-state index in [2.05, 4.69) is 45.9 Å². The Morgan fingerprint density at radius 2 is 1.92 bits per heavy atom. The van der Waals surface area contributed by atoms with Crippen molar-refractivity contribution in [2.75, 3.05) is 0 Å². The molecule has 0 spiro atoms. The molecule has 13 heavy (non-hydrogen) atoms. The lowest BCUT2D eigenvalue weighted by atomic mass is 9.91. The van der Waals surface area contributed by atoms with E-state index in [-0.39, 0.29) is 0 Å². The van der Waals surface area contributed by atoms with E-state index in [9.17, 15) is 0 Å². The van der Waals surface area contributed by atoms with Crippen LogP contribution in [0.3, 0.4) is 0 Å². The van der Waals surface area contributed by atoms with E-state index in [4.69, 9.17) is 0 Å². The molecule has 0 N–H and O–H groups in total. The van der Waals surface area contributed by atoms with Gasteiger partial charge in [0.25, 0.3) is 0 Å². The third-order valence-corrected chi connectivity index (χ3v) is 2.69. The zero-order chi connectivity index (χ0) is 9.84. The molecular weight excluding hydrogens is 156 g/mol. The molecule has 0 nitrogen and oxygen atoms in total. The summed E-state index contributed by atoms with van der Waals surface area (Å²) in [5, 5.41) is 0. The third-order valence-electron chi connectivity index (χ3n) is 2.69. The van der Waals surface area contributed by atoms with Crippen LogP contribution in [-0.4, -0.2) is 0 Å². The molecule has 1 rings (SSSR count). The van der Waals surface area contributed by atoms with E-state index < -0.39 is 0 Å². The topological polar surface area (TPSA) is 0 Å². The minimum Gasteiger partial charge on any atom is -0.0654 e. The van der Waals surface area contributed by atoms with Crippen molar-refractivity contribution in [2.24, 2.45) is 0 Å². The summed E-state index contributed by atoms with van der Waals surface area (Å²) in [5.41, 5.74) is 4.28. The van der Waals surface area contributed by atoms with Crippen LogP contribution in [0.2, 0.25) is 0 Å². The quantitative estimate of drug-likeness (QED) is 0.650. The number of aryl methyl sites for hydroxylation is 1. The van der Waals surface area contributed by atoms with Crippen molar-refractivity contribution in [1.82, 2.24) is 0 Å². The van der Waals surface area contributed by atoms with Crippen LogP contribution in [0.5, 0.6) is 0 Å². The van der Waals surface area contributed by atoms with Crippen LogP contribution in [0.1, 0.15) is 43.4 Å². The third kappa shape index (κ3) is 2.33. The zero-order valence-corrected chi connectivity index (χ0v) is 9.15. The van der Waals surface area contributed by atoms with Crippen molar-refractivity contribution in [3.05, 3.63) is 40.8 Å². The molecule has 0 amide bonds. The van der Waals surface area contributed by atoms with Gasteiger partial charge >= 0.3 is 0 Å². The molecule has 0 saturated heterocycles. The van der Waals surface area contributed by atoms with Crippen LogP contribution >= 0.6 is 0 Å². The largest absolute Gasteiger partial charge is 0.0654 e. The molecule has 0 heteroatoms. The zero-order valence-electron chi connectivity index (χ0n) is 9.15. The molecule has 1 radical (unpaired) electrons. The molecule has 1 aromatic rings. The average molecular weight is 175 g/mol. The van der Waals surface area contributed by atoms with Crippen molar-refractivity contribution in [3.8, 4) is 0 Å². The van der Waals surface area contributed by atoms with E-state index >= 15 is 0 Å². The fourth-order valence-electron chi connectivity index (χ4n) is 1.72. The predicted molar refractivity (Wildman–Crippen MR) is 58.8 cm³/mol. The van der Waals surface area contributed by atoms with Crippen LogP contribution in [0.15, 0.2) is 18.2 Å². The summed E-state index contributed by atoms with van der Waals surface area (Å²) < 4.78 is 0. The minimum absolute atomic E-state index is 1.21. The van der Waals surface area contributed by atoms with Crippen molar-refractivity contribution >= 4 is 0 Å². The number of hydrogen-bond acceptors (Lipinski definition) is 0. The highest BCUT2D eigenvalue weighted by Crippen LogP contribution is 2.24. The number of hydrogen-bond donors (Lipinski definition) is 0. The molecule has 0 fully saturated rings. The van der Waals surface area contributed by atoms with Gasteiger partial charge in [0, 0.05) is 5.92 Å². The van der Waals surface area contributed by atoms with E-state index in [0.717, 1.165) is 0 Å². The highest BCUT2D eigenvalue weighted by Gasteiger charge is 2.08. The SMILES string of the molecule is CCC[C](C)c1cccc(C)c1C. The second-order valence-corrected chi connectivity index (χ2v) is 3.78. The summed E-state index contributed by atoms with van der Waals surface area (Å²) in [7, 11) is 0. The Morgan fingerprint density at radius 3 is 2.54 bits per heavy atom. The summed E-state index contributed by atoms with van der Waals surface area (Å²) in [4.78, 5) is 0. The molecule has 0 aromatic heterocycles. The Bertz CT molecular complexity index is 273. The first kappa shape index (κ1) is 10.3. The molecule has 0 heterocycles. The summed E-state index contributed by atoms with van der Waals surface area (Å²) in [6, 6.07) is 6.56. The first-order valence-electron chi connectivity index (χ1n) is 5.05. The fourth-order valence-corrected chi connectivity index (χ4v) is 1.72. The van der Waals surface area contributed by atoms with Crippen LogP contribution in [-0.2, 0) is 0 Å². The van der Waals surface area contributed by atoms with Gasteiger partial charge in [-0.1, -0.05) is 38.5 Å². The van der Waals surface area contributed by atoms with Gasteiger partial charge in [-0.25, -0.2) is 0 Å². The standard InChI is InChI=1S/C13H19/c1-5-7-11(3)13-9-6-8-10(2)12(13)4/h6,8-9H,5,7H2,1-4H3. The van der Waals surface area contributed by atoms with Gasteiger partial charge in [-0.2, -0.15) is 0 Å². The van der Waals surface area contributed by atoms with Crippen LogP contribution in [0.25, 0.3) is 0 Å². The number of rotatable bonds is 3. The van der Waals surface area contributed by atoms with Crippen LogP contribution < -0.4 is 0 Å². The average Bonchev–Trinajstić information content (AvgIpc) is 2.10. The van der Waals surface area contributed by atoms with Crippen LogP contribution in [0, 0.1) is 19.8 Å². The Balaban J connectivity index is 2.93. The maximum atomic E-state index is 2.24. The second-order valence-electron chi connectivity index (χ2n) is 3.78. The molecule has 0 aliphatic rings. The summed E-state index contributed by atoms with van der Waals surface area (Å²) >= 11 is 0. The Hall–Kier alpha value is -0.780. The maximum absolute atomic E-state index is 2.24. The molecule has 1 aromatic carbocycles. The van der Waals surface area contributed by atoms with Gasteiger partial charge in [0.1, 0.15) is 0 Å². The Kier molecular flexibility index (Phi) is 3.53. The van der Waals surface area contributed by atoms with Gasteiger partial charge in [0.15, 0.2) is 0 Å².